The van der Waals surface area contributed by atoms with Crippen molar-refractivity contribution in [2.75, 3.05) is 31.5 Å². The summed E-state index contributed by atoms with van der Waals surface area (Å²) in [6, 6.07) is 14.7. The molecule has 0 aliphatic carbocycles. The number of hydrazone groups is 1. The minimum absolute atomic E-state index is 0.189. The van der Waals surface area contributed by atoms with E-state index in [0.717, 1.165) is 16.7 Å². The molecule has 3 N–H and O–H groups in total. The Bertz CT molecular complexity index is 1540. The molecule has 0 unspecified atom stereocenters. The number of barbiturate groups is 1. The van der Waals surface area contributed by atoms with Crippen LogP contribution in [0.4, 0.5) is 16.2 Å². The van der Waals surface area contributed by atoms with Crippen molar-refractivity contribution >= 4 is 47.2 Å². The number of hydrogen-bond donors (Lipinski definition) is 3. The van der Waals surface area contributed by atoms with E-state index in [1.165, 1.54) is 57.7 Å². The molecule has 4 rings (SSSR count). The van der Waals surface area contributed by atoms with Crippen LogP contribution in [-0.4, -0.2) is 57.2 Å². The largest absolute Gasteiger partial charge is 0.493 e. The number of rotatable bonds is 9. The molecule has 13 nitrogen and oxygen atoms in total. The average Bonchev–Trinajstić information content (AvgIpc) is 2.99. The van der Waals surface area contributed by atoms with Gasteiger partial charge in [0.15, 0.2) is 17.4 Å². The van der Waals surface area contributed by atoms with Gasteiger partial charge in [0.2, 0.25) is 11.7 Å². The number of imide groups is 2. The molecule has 216 valence electrons. The molecule has 6 amide bonds. The second kappa shape index (κ2) is 12.6. The summed E-state index contributed by atoms with van der Waals surface area (Å²) < 4.78 is 15.8. The molecule has 42 heavy (non-hydrogen) atoms. The van der Waals surface area contributed by atoms with Gasteiger partial charge in [0.05, 0.1) is 27.0 Å². The lowest BCUT2D eigenvalue weighted by atomic mass is 10.1. The van der Waals surface area contributed by atoms with Gasteiger partial charge in [0.1, 0.15) is 0 Å². The summed E-state index contributed by atoms with van der Waals surface area (Å²) in [6.07, 6.45) is 0.954. The number of hydrogen-bond acceptors (Lipinski definition) is 9. The van der Waals surface area contributed by atoms with E-state index in [1.54, 1.807) is 24.3 Å². The number of ether oxygens (including phenoxy) is 3. The van der Waals surface area contributed by atoms with E-state index in [9.17, 15) is 24.0 Å². The van der Waals surface area contributed by atoms with Crippen LogP contribution in [-0.2, 0) is 9.59 Å². The van der Waals surface area contributed by atoms with Crippen LogP contribution in [0, 0.1) is 12.8 Å². The molecule has 3 aromatic carbocycles. The molecule has 3 aromatic rings. The minimum atomic E-state index is -1.43. The maximum Gasteiger partial charge on any atom is 0.335 e. The standard InChI is InChI=1S/C29H27N5O8/c1-16-5-11-20(12-6-16)34-28(38)21(27(37)32-29(34)39)15-30-33-26(36)17-7-9-19(10-8-17)31-25(35)18-13-22(40-2)24(42-4)23(14-18)41-3/h5-15,21H,1-4H3,(H,31,35)(H,33,36)(H,32,37,39)/b30-15-/t21-/m0/s1. The van der Waals surface area contributed by atoms with Crippen LogP contribution in [0.15, 0.2) is 65.8 Å². The molecule has 1 saturated heterocycles. The molecule has 1 aliphatic rings. The maximum absolute atomic E-state index is 12.9. The van der Waals surface area contributed by atoms with E-state index in [1.807, 2.05) is 6.92 Å². The Kier molecular flexibility index (Phi) is 8.81. The number of urea groups is 1. The number of benzene rings is 3. The average molecular weight is 574 g/mol. The molecule has 13 heteroatoms. The van der Waals surface area contributed by atoms with Crippen LogP contribution in [0.3, 0.4) is 0 Å². The summed E-state index contributed by atoms with van der Waals surface area (Å²) in [7, 11) is 4.34. The van der Waals surface area contributed by atoms with Crippen LogP contribution >= 0.6 is 0 Å². The minimum Gasteiger partial charge on any atom is -0.493 e. The van der Waals surface area contributed by atoms with Crippen molar-refractivity contribution < 1.29 is 38.2 Å². The molecular weight excluding hydrogens is 546 g/mol. The fourth-order valence-electron chi connectivity index (χ4n) is 4.02. The first-order valence-electron chi connectivity index (χ1n) is 12.5. The molecule has 0 bridgehead atoms. The number of carbonyl (C=O) groups is 5. The highest BCUT2D eigenvalue weighted by Gasteiger charge is 2.40. The number of methoxy groups -OCH3 is 3. The van der Waals surface area contributed by atoms with Gasteiger partial charge in [-0.2, -0.15) is 5.10 Å². The summed E-state index contributed by atoms with van der Waals surface area (Å²) in [4.78, 5) is 63.7. The van der Waals surface area contributed by atoms with Crippen molar-refractivity contribution in [3.8, 4) is 17.2 Å². The molecule has 0 radical (unpaired) electrons. The second-order valence-electron chi connectivity index (χ2n) is 8.95. The molecule has 1 aliphatic heterocycles. The fraction of sp³-hybridized carbons (Fsp3) is 0.172. The van der Waals surface area contributed by atoms with Gasteiger partial charge >= 0.3 is 6.03 Å². The summed E-state index contributed by atoms with van der Waals surface area (Å²) in [5.74, 6) is -3.21. The SMILES string of the molecule is COc1cc(C(=O)Nc2ccc(C(=O)N/N=C\[C@H]3C(=O)NC(=O)N(c4ccc(C)cc4)C3=O)cc2)cc(OC)c1OC. The third-order valence-electron chi connectivity index (χ3n) is 6.22. The van der Waals surface area contributed by atoms with Crippen molar-refractivity contribution in [1.29, 1.82) is 0 Å². The van der Waals surface area contributed by atoms with Crippen molar-refractivity contribution in [2.45, 2.75) is 6.92 Å². The molecule has 1 heterocycles. The number of nitrogens with one attached hydrogen (secondary N) is 3. The second-order valence-corrected chi connectivity index (χ2v) is 8.95. The Morgan fingerprint density at radius 1 is 0.857 bits per heavy atom. The zero-order valence-electron chi connectivity index (χ0n) is 23.1. The molecular formula is C29H27N5O8. The van der Waals surface area contributed by atoms with Gasteiger partial charge in [-0.25, -0.2) is 15.1 Å². The lowest BCUT2D eigenvalue weighted by Crippen LogP contribution is -2.58. The topological polar surface area (TPSA) is 165 Å². The van der Waals surface area contributed by atoms with Crippen molar-refractivity contribution in [3.05, 3.63) is 77.4 Å². The summed E-state index contributed by atoms with van der Waals surface area (Å²) in [6.45, 7) is 1.85. The first kappa shape index (κ1) is 29.3. The number of anilines is 2. The number of carbonyl (C=O) groups excluding carboxylic acids is 5. The summed E-state index contributed by atoms with van der Waals surface area (Å²) >= 11 is 0. The Morgan fingerprint density at radius 3 is 2.05 bits per heavy atom. The Labute approximate surface area is 240 Å². The quantitative estimate of drug-likeness (QED) is 0.200. The Hall–Kier alpha value is -5.72. The third kappa shape index (κ3) is 6.20. The van der Waals surface area contributed by atoms with Gasteiger partial charge in [-0.15, -0.1) is 0 Å². The smallest absolute Gasteiger partial charge is 0.335 e. The van der Waals surface area contributed by atoms with Crippen molar-refractivity contribution in [2.24, 2.45) is 11.0 Å². The number of amides is 6. The van der Waals surface area contributed by atoms with Crippen LogP contribution in [0.1, 0.15) is 26.3 Å². The normalized spacial score (nSPS) is 14.8. The van der Waals surface area contributed by atoms with Gasteiger partial charge in [-0.05, 0) is 55.5 Å². The molecule has 0 saturated carbocycles. The highest BCUT2D eigenvalue weighted by atomic mass is 16.5. The van der Waals surface area contributed by atoms with Gasteiger partial charge in [-0.1, -0.05) is 17.7 Å². The van der Waals surface area contributed by atoms with Crippen LogP contribution in [0.2, 0.25) is 0 Å². The first-order valence-corrected chi connectivity index (χ1v) is 12.5. The molecule has 1 atom stereocenters. The zero-order chi connectivity index (χ0) is 30.4. The van der Waals surface area contributed by atoms with Crippen LogP contribution < -0.4 is 35.2 Å². The number of aryl methyl sites for hydroxylation is 1. The van der Waals surface area contributed by atoms with Gasteiger partial charge in [0, 0.05) is 23.0 Å². The maximum atomic E-state index is 12.9. The molecule has 1 fully saturated rings. The zero-order valence-corrected chi connectivity index (χ0v) is 23.1. The summed E-state index contributed by atoms with van der Waals surface area (Å²) in [5.41, 5.74) is 4.31. The van der Waals surface area contributed by atoms with E-state index >= 15 is 0 Å². The molecule has 0 spiro atoms. The van der Waals surface area contributed by atoms with E-state index in [2.05, 4.69) is 21.2 Å². The van der Waals surface area contributed by atoms with Gasteiger partial charge in [-0.3, -0.25) is 24.5 Å². The van der Waals surface area contributed by atoms with Gasteiger partial charge < -0.3 is 19.5 Å². The Balaban J connectivity index is 1.39. The monoisotopic (exact) mass is 573 g/mol. The summed E-state index contributed by atoms with van der Waals surface area (Å²) in [5, 5.41) is 8.58. The fourth-order valence-corrected chi connectivity index (χ4v) is 4.02. The van der Waals surface area contributed by atoms with Crippen molar-refractivity contribution in [3.63, 3.8) is 0 Å². The van der Waals surface area contributed by atoms with E-state index in [4.69, 9.17) is 14.2 Å². The lowest BCUT2D eigenvalue weighted by Gasteiger charge is -2.28. The predicted octanol–water partition coefficient (Wildman–Crippen LogP) is 2.89. The van der Waals surface area contributed by atoms with Crippen LogP contribution in [0.5, 0.6) is 17.2 Å². The highest BCUT2D eigenvalue weighted by molar-refractivity contribution is 6.32. The number of nitrogens with zero attached hydrogens (tertiary/aromatic N) is 2. The lowest BCUT2D eigenvalue weighted by molar-refractivity contribution is -0.131. The van der Waals surface area contributed by atoms with Crippen molar-refractivity contribution in [1.82, 2.24) is 10.7 Å². The predicted molar refractivity (Wildman–Crippen MR) is 152 cm³/mol. The first-order chi connectivity index (χ1) is 20.2. The van der Waals surface area contributed by atoms with E-state index in [0.29, 0.717) is 22.9 Å². The van der Waals surface area contributed by atoms with E-state index < -0.39 is 35.6 Å². The third-order valence-corrected chi connectivity index (χ3v) is 6.22. The van der Waals surface area contributed by atoms with Gasteiger partial charge in [0.25, 0.3) is 17.7 Å². The highest BCUT2D eigenvalue weighted by Crippen LogP contribution is 2.38. The van der Waals surface area contributed by atoms with Crippen LogP contribution in [0.25, 0.3) is 0 Å². The molecule has 0 aromatic heterocycles. The Morgan fingerprint density at radius 2 is 1.48 bits per heavy atom. The van der Waals surface area contributed by atoms with E-state index in [-0.39, 0.29) is 16.8 Å².